The number of nitrogens with one attached hydrogen (secondary N) is 1. The molecule has 0 spiro atoms. The van der Waals surface area contributed by atoms with E-state index in [0.29, 0.717) is 13.2 Å². The molecule has 0 amide bonds. The second-order valence-electron chi connectivity index (χ2n) is 6.80. The molecule has 3 heteroatoms. The number of aliphatic hydroxyl groups is 1. The molecule has 0 aromatic heterocycles. The molecule has 3 aromatic rings. The maximum absolute atomic E-state index is 10.3. The number of hydrogen-bond acceptors (Lipinski definition) is 2. The first-order chi connectivity index (χ1) is 12.1. The average molecular weight is 336 g/mol. The lowest BCUT2D eigenvalue weighted by atomic mass is 10.1. The van der Waals surface area contributed by atoms with Gasteiger partial charge in [-0.05, 0) is 29.8 Å². The minimum atomic E-state index is -0.489. The van der Waals surface area contributed by atoms with E-state index in [9.17, 15) is 5.11 Å². The summed E-state index contributed by atoms with van der Waals surface area (Å²) in [7, 11) is 2.10. The van der Waals surface area contributed by atoms with Gasteiger partial charge in [0.15, 0.2) is 0 Å². The largest absolute Gasteiger partial charge is 0.491 e. The smallest absolute Gasteiger partial charge is 0.137 e. The normalized spacial score (nSPS) is 13.6. The lowest BCUT2D eigenvalue weighted by molar-refractivity contribution is -0.897. The van der Waals surface area contributed by atoms with Gasteiger partial charge >= 0.3 is 0 Å². The van der Waals surface area contributed by atoms with Gasteiger partial charge in [0.2, 0.25) is 0 Å². The third-order valence-corrected chi connectivity index (χ3v) is 4.37. The third kappa shape index (κ3) is 5.05. The van der Waals surface area contributed by atoms with Crippen molar-refractivity contribution >= 4 is 10.8 Å². The molecule has 0 aliphatic rings. The highest BCUT2D eigenvalue weighted by atomic mass is 16.5. The van der Waals surface area contributed by atoms with E-state index < -0.39 is 6.10 Å². The number of ether oxygens (including phenoxy) is 1. The first kappa shape index (κ1) is 17.5. The lowest BCUT2D eigenvalue weighted by Gasteiger charge is -2.18. The average Bonchev–Trinajstić information content (AvgIpc) is 2.61. The summed E-state index contributed by atoms with van der Waals surface area (Å²) in [4.78, 5) is 1.26. The molecule has 3 nitrogen and oxygen atoms in total. The van der Waals surface area contributed by atoms with E-state index in [0.717, 1.165) is 17.7 Å². The second-order valence-corrected chi connectivity index (χ2v) is 6.80. The van der Waals surface area contributed by atoms with Crippen LogP contribution in [-0.4, -0.2) is 31.4 Å². The molecule has 0 bridgehead atoms. The molecule has 2 N–H and O–H groups in total. The molecular formula is C22H26NO2+. The standard InChI is InChI=1S/C22H25NO2/c1-17-7-9-18(10-8-17)14-23(2)15-21(24)16-25-22-12-11-19-5-3-4-6-20(19)13-22/h3-13,21,24H,14-16H2,1-2H3/p+1/t21-/m1/s1. The fourth-order valence-corrected chi connectivity index (χ4v) is 3.04. The monoisotopic (exact) mass is 336 g/mol. The lowest BCUT2D eigenvalue weighted by Crippen LogP contribution is -3.09. The van der Waals surface area contributed by atoms with Crippen molar-refractivity contribution in [2.24, 2.45) is 0 Å². The number of quaternary nitrogens is 1. The van der Waals surface area contributed by atoms with Gasteiger partial charge in [-0.2, -0.15) is 0 Å². The zero-order chi connectivity index (χ0) is 17.6. The summed E-state index contributed by atoms with van der Waals surface area (Å²) < 4.78 is 5.78. The quantitative estimate of drug-likeness (QED) is 0.695. The van der Waals surface area contributed by atoms with Crippen LogP contribution in [0.1, 0.15) is 11.1 Å². The Morgan fingerprint density at radius 1 is 0.960 bits per heavy atom. The van der Waals surface area contributed by atoms with Crippen LogP contribution in [0.5, 0.6) is 5.75 Å². The van der Waals surface area contributed by atoms with Gasteiger partial charge in [-0.1, -0.05) is 60.2 Å². The second kappa shape index (κ2) is 8.15. The molecule has 0 aliphatic heterocycles. The predicted octanol–water partition coefficient (Wildman–Crippen LogP) is 2.60. The van der Waals surface area contributed by atoms with Crippen molar-refractivity contribution in [1.29, 1.82) is 0 Å². The molecule has 0 fully saturated rings. The summed E-state index contributed by atoms with van der Waals surface area (Å²) in [6.45, 7) is 3.95. The van der Waals surface area contributed by atoms with Gasteiger partial charge in [-0.3, -0.25) is 0 Å². The molecule has 25 heavy (non-hydrogen) atoms. The Hall–Kier alpha value is -2.36. The van der Waals surface area contributed by atoms with Crippen LogP contribution in [0.25, 0.3) is 10.8 Å². The highest BCUT2D eigenvalue weighted by molar-refractivity contribution is 5.83. The Balaban J connectivity index is 1.49. The molecule has 3 aromatic carbocycles. The van der Waals surface area contributed by atoms with Gasteiger partial charge in [-0.25, -0.2) is 0 Å². The maximum atomic E-state index is 10.3. The first-order valence-electron chi connectivity index (χ1n) is 8.76. The van der Waals surface area contributed by atoms with Crippen molar-refractivity contribution in [3.63, 3.8) is 0 Å². The van der Waals surface area contributed by atoms with Gasteiger partial charge < -0.3 is 14.7 Å². The van der Waals surface area contributed by atoms with Gasteiger partial charge in [0, 0.05) is 5.56 Å². The first-order valence-corrected chi connectivity index (χ1v) is 8.76. The van der Waals surface area contributed by atoms with E-state index in [1.54, 1.807) is 0 Å². The van der Waals surface area contributed by atoms with E-state index >= 15 is 0 Å². The molecular weight excluding hydrogens is 310 g/mol. The van der Waals surface area contributed by atoms with E-state index in [1.165, 1.54) is 21.4 Å². The fraction of sp³-hybridized carbons (Fsp3) is 0.273. The highest BCUT2D eigenvalue weighted by Crippen LogP contribution is 2.20. The number of aliphatic hydroxyl groups excluding tert-OH is 1. The summed E-state index contributed by atoms with van der Waals surface area (Å²) in [6.07, 6.45) is -0.489. The van der Waals surface area contributed by atoms with Crippen molar-refractivity contribution in [1.82, 2.24) is 0 Å². The van der Waals surface area contributed by atoms with Crippen molar-refractivity contribution in [2.75, 3.05) is 20.2 Å². The summed E-state index contributed by atoms with van der Waals surface area (Å²) in [5, 5.41) is 12.6. The van der Waals surface area contributed by atoms with Crippen molar-refractivity contribution in [2.45, 2.75) is 19.6 Å². The Labute approximate surface area is 149 Å². The number of aryl methyl sites for hydroxylation is 1. The summed E-state index contributed by atoms with van der Waals surface area (Å²) >= 11 is 0. The molecule has 3 rings (SSSR count). The fourth-order valence-electron chi connectivity index (χ4n) is 3.04. The van der Waals surface area contributed by atoms with Crippen LogP contribution in [0.4, 0.5) is 0 Å². The maximum Gasteiger partial charge on any atom is 0.137 e. The molecule has 1 unspecified atom stereocenters. The van der Waals surface area contributed by atoms with Crippen LogP contribution < -0.4 is 9.64 Å². The minimum Gasteiger partial charge on any atom is -0.491 e. The number of likely N-dealkylation sites (N-methyl/N-ethyl adjacent to an activating group) is 1. The molecule has 130 valence electrons. The molecule has 0 aliphatic carbocycles. The number of hydrogen-bond donors (Lipinski definition) is 2. The van der Waals surface area contributed by atoms with E-state index in [-0.39, 0.29) is 0 Å². The molecule has 0 heterocycles. The van der Waals surface area contributed by atoms with E-state index in [4.69, 9.17) is 4.74 Å². The Bertz CT molecular complexity index is 814. The number of benzene rings is 3. The van der Waals surface area contributed by atoms with Crippen LogP contribution in [0.2, 0.25) is 0 Å². The van der Waals surface area contributed by atoms with E-state index in [1.807, 2.05) is 30.3 Å². The zero-order valence-electron chi connectivity index (χ0n) is 14.9. The van der Waals surface area contributed by atoms with Gasteiger partial charge in [0.25, 0.3) is 0 Å². The molecule has 0 radical (unpaired) electrons. The van der Waals surface area contributed by atoms with Crippen molar-refractivity contribution < 1.29 is 14.7 Å². The number of rotatable bonds is 7. The molecule has 2 atom stereocenters. The SMILES string of the molecule is Cc1ccc(C[NH+](C)C[C@@H](O)COc2ccc3ccccc3c2)cc1. The summed E-state index contributed by atoms with van der Waals surface area (Å²) in [5.74, 6) is 0.800. The zero-order valence-corrected chi connectivity index (χ0v) is 14.9. The Kier molecular flexibility index (Phi) is 5.69. The number of fused-ring (bicyclic) bond motifs is 1. The summed E-state index contributed by atoms with van der Waals surface area (Å²) in [5.41, 5.74) is 2.55. The van der Waals surface area contributed by atoms with E-state index in [2.05, 4.69) is 50.4 Å². The van der Waals surface area contributed by atoms with Crippen LogP contribution in [0.3, 0.4) is 0 Å². The van der Waals surface area contributed by atoms with Crippen molar-refractivity contribution in [3.05, 3.63) is 77.9 Å². The Morgan fingerprint density at radius 3 is 2.44 bits per heavy atom. The van der Waals surface area contributed by atoms with Gasteiger partial charge in [0.1, 0.15) is 31.5 Å². The van der Waals surface area contributed by atoms with Crippen LogP contribution in [0.15, 0.2) is 66.7 Å². The minimum absolute atomic E-state index is 0.309. The molecule has 0 saturated heterocycles. The summed E-state index contributed by atoms with van der Waals surface area (Å²) in [6, 6.07) is 22.8. The van der Waals surface area contributed by atoms with Gasteiger partial charge in [0.05, 0.1) is 7.05 Å². The van der Waals surface area contributed by atoms with Crippen LogP contribution in [0, 0.1) is 6.92 Å². The predicted molar refractivity (Wildman–Crippen MR) is 102 cm³/mol. The third-order valence-electron chi connectivity index (χ3n) is 4.37. The van der Waals surface area contributed by atoms with Crippen molar-refractivity contribution in [3.8, 4) is 5.75 Å². The highest BCUT2D eigenvalue weighted by Gasteiger charge is 2.13. The molecule has 0 saturated carbocycles. The van der Waals surface area contributed by atoms with Crippen LogP contribution >= 0.6 is 0 Å². The Morgan fingerprint density at radius 2 is 1.68 bits per heavy atom. The van der Waals surface area contributed by atoms with Crippen LogP contribution in [-0.2, 0) is 6.54 Å². The topological polar surface area (TPSA) is 33.9 Å². The van der Waals surface area contributed by atoms with Gasteiger partial charge in [-0.15, -0.1) is 0 Å².